The Morgan fingerprint density at radius 3 is 2.83 bits per heavy atom. The van der Waals surface area contributed by atoms with E-state index < -0.39 is 0 Å². The highest BCUT2D eigenvalue weighted by Crippen LogP contribution is 2.34. The number of likely N-dealkylation sites (tertiary alicyclic amines) is 1. The molecule has 1 atom stereocenters. The topological polar surface area (TPSA) is 41.4 Å². The van der Waals surface area contributed by atoms with Crippen LogP contribution in [0.5, 0.6) is 0 Å². The van der Waals surface area contributed by atoms with Gasteiger partial charge >= 0.3 is 0 Å². The van der Waals surface area contributed by atoms with Gasteiger partial charge in [-0.3, -0.25) is 9.48 Å². The molecule has 1 aliphatic heterocycles. The SMILES string of the molecule is CCn1nc(C)cc1C(=O)N1CCC[C@@H]1c1cccc(N(C)C)c1. The van der Waals surface area contributed by atoms with Crippen LogP contribution < -0.4 is 4.90 Å². The second-order valence-electron chi connectivity index (χ2n) is 6.63. The van der Waals surface area contributed by atoms with Crippen LogP contribution in [0.1, 0.15) is 47.6 Å². The minimum atomic E-state index is 0.0928. The molecule has 128 valence electrons. The Morgan fingerprint density at radius 1 is 1.33 bits per heavy atom. The Morgan fingerprint density at radius 2 is 2.12 bits per heavy atom. The van der Waals surface area contributed by atoms with Crippen molar-refractivity contribution < 1.29 is 4.79 Å². The summed E-state index contributed by atoms with van der Waals surface area (Å²) < 4.78 is 1.81. The van der Waals surface area contributed by atoms with Gasteiger partial charge in [-0.2, -0.15) is 5.10 Å². The quantitative estimate of drug-likeness (QED) is 0.866. The number of aryl methyl sites for hydroxylation is 2. The van der Waals surface area contributed by atoms with Gasteiger partial charge in [0.15, 0.2) is 0 Å². The Balaban J connectivity index is 1.90. The summed E-state index contributed by atoms with van der Waals surface area (Å²) in [6.07, 6.45) is 2.06. The van der Waals surface area contributed by atoms with Crippen molar-refractivity contribution in [3.63, 3.8) is 0 Å². The minimum Gasteiger partial charge on any atom is -0.378 e. The van der Waals surface area contributed by atoms with Crippen LogP contribution in [0.3, 0.4) is 0 Å². The zero-order chi connectivity index (χ0) is 17.3. The van der Waals surface area contributed by atoms with Crippen molar-refractivity contribution in [2.75, 3.05) is 25.5 Å². The molecule has 0 aliphatic carbocycles. The number of amides is 1. The molecule has 0 unspecified atom stereocenters. The smallest absolute Gasteiger partial charge is 0.272 e. The Bertz CT molecular complexity index is 735. The first-order valence-electron chi connectivity index (χ1n) is 8.64. The lowest BCUT2D eigenvalue weighted by Crippen LogP contribution is -2.32. The van der Waals surface area contributed by atoms with Crippen LogP contribution in [0.25, 0.3) is 0 Å². The van der Waals surface area contributed by atoms with E-state index in [-0.39, 0.29) is 11.9 Å². The Kier molecular flexibility index (Phi) is 4.60. The third kappa shape index (κ3) is 3.03. The third-order valence-corrected chi connectivity index (χ3v) is 4.71. The molecule has 0 radical (unpaired) electrons. The van der Waals surface area contributed by atoms with Gasteiger partial charge in [0.05, 0.1) is 11.7 Å². The number of nitrogens with zero attached hydrogens (tertiary/aromatic N) is 4. The normalized spacial score (nSPS) is 17.3. The summed E-state index contributed by atoms with van der Waals surface area (Å²) >= 11 is 0. The summed E-state index contributed by atoms with van der Waals surface area (Å²) in [5.41, 5.74) is 3.98. The Hall–Kier alpha value is -2.30. The summed E-state index contributed by atoms with van der Waals surface area (Å²) in [5, 5.41) is 4.42. The second-order valence-corrected chi connectivity index (χ2v) is 6.63. The van der Waals surface area contributed by atoms with Gasteiger partial charge < -0.3 is 9.80 Å². The van der Waals surface area contributed by atoms with E-state index in [0.717, 1.165) is 25.1 Å². The molecule has 0 bridgehead atoms. The summed E-state index contributed by atoms with van der Waals surface area (Å²) in [5.74, 6) is 0.0928. The molecule has 2 aromatic rings. The van der Waals surface area contributed by atoms with E-state index in [2.05, 4.69) is 34.3 Å². The number of benzene rings is 1. The third-order valence-electron chi connectivity index (χ3n) is 4.71. The van der Waals surface area contributed by atoms with Crippen LogP contribution in [-0.2, 0) is 6.54 Å². The predicted molar refractivity (Wildman–Crippen MR) is 96.4 cm³/mol. The van der Waals surface area contributed by atoms with Crippen molar-refractivity contribution in [1.29, 1.82) is 0 Å². The monoisotopic (exact) mass is 326 g/mol. The van der Waals surface area contributed by atoms with E-state index in [1.807, 2.05) is 43.6 Å². The van der Waals surface area contributed by atoms with Crippen molar-refractivity contribution in [1.82, 2.24) is 14.7 Å². The molecule has 1 aromatic carbocycles. The van der Waals surface area contributed by atoms with Gasteiger partial charge in [-0.05, 0) is 50.5 Å². The summed E-state index contributed by atoms with van der Waals surface area (Å²) in [4.78, 5) is 17.2. The van der Waals surface area contributed by atoms with Gasteiger partial charge in [-0.15, -0.1) is 0 Å². The number of rotatable bonds is 4. The van der Waals surface area contributed by atoms with E-state index in [0.29, 0.717) is 12.2 Å². The highest BCUT2D eigenvalue weighted by molar-refractivity contribution is 5.93. The molecule has 5 nitrogen and oxygen atoms in total. The zero-order valence-corrected chi connectivity index (χ0v) is 15.0. The molecule has 2 heterocycles. The first-order chi connectivity index (χ1) is 11.5. The summed E-state index contributed by atoms with van der Waals surface area (Å²) in [6, 6.07) is 10.5. The molecule has 1 aromatic heterocycles. The molecule has 3 rings (SSSR count). The van der Waals surface area contributed by atoms with Crippen LogP contribution >= 0.6 is 0 Å². The first kappa shape index (κ1) is 16.6. The maximum atomic E-state index is 13.1. The first-order valence-corrected chi connectivity index (χ1v) is 8.64. The van der Waals surface area contributed by atoms with Gasteiger partial charge in [0.25, 0.3) is 5.91 Å². The summed E-state index contributed by atoms with van der Waals surface area (Å²) in [6.45, 7) is 5.48. The highest BCUT2D eigenvalue weighted by atomic mass is 16.2. The lowest BCUT2D eigenvalue weighted by Gasteiger charge is -2.26. The largest absolute Gasteiger partial charge is 0.378 e. The van der Waals surface area contributed by atoms with Crippen LogP contribution in [0, 0.1) is 6.92 Å². The minimum absolute atomic E-state index is 0.0928. The number of carbonyl (C=O) groups is 1. The zero-order valence-electron chi connectivity index (χ0n) is 15.0. The molecule has 0 saturated carbocycles. The molecule has 0 spiro atoms. The fourth-order valence-corrected chi connectivity index (χ4v) is 3.47. The van der Waals surface area contributed by atoms with Crippen molar-refractivity contribution in [3.05, 3.63) is 47.3 Å². The lowest BCUT2D eigenvalue weighted by atomic mass is 10.0. The molecule has 1 aliphatic rings. The van der Waals surface area contributed by atoms with E-state index in [1.54, 1.807) is 0 Å². The van der Waals surface area contributed by atoms with Crippen molar-refractivity contribution in [2.45, 2.75) is 39.3 Å². The van der Waals surface area contributed by atoms with Crippen LogP contribution in [0.4, 0.5) is 5.69 Å². The molecule has 0 N–H and O–H groups in total. The lowest BCUT2D eigenvalue weighted by molar-refractivity contribution is 0.0723. The number of aromatic nitrogens is 2. The van der Waals surface area contributed by atoms with E-state index in [4.69, 9.17) is 0 Å². The van der Waals surface area contributed by atoms with Crippen molar-refractivity contribution >= 4 is 11.6 Å². The maximum absolute atomic E-state index is 13.1. The fraction of sp³-hybridized carbons (Fsp3) is 0.474. The molecular formula is C19H26N4O. The molecule has 24 heavy (non-hydrogen) atoms. The van der Waals surface area contributed by atoms with Crippen molar-refractivity contribution in [2.24, 2.45) is 0 Å². The average Bonchev–Trinajstić information content (AvgIpc) is 3.20. The van der Waals surface area contributed by atoms with Gasteiger partial charge in [0.1, 0.15) is 5.69 Å². The number of carbonyl (C=O) groups excluding carboxylic acids is 1. The Labute approximate surface area is 143 Å². The number of hydrogen-bond donors (Lipinski definition) is 0. The standard InChI is InChI=1S/C19H26N4O/c1-5-23-18(12-14(2)20-23)19(24)22-11-7-10-17(22)15-8-6-9-16(13-15)21(3)4/h6,8-9,12-13,17H,5,7,10-11H2,1-4H3/t17-/m1/s1. The van der Waals surface area contributed by atoms with Gasteiger partial charge in [0.2, 0.25) is 0 Å². The maximum Gasteiger partial charge on any atom is 0.272 e. The van der Waals surface area contributed by atoms with Crippen LogP contribution in [0.2, 0.25) is 0 Å². The highest BCUT2D eigenvalue weighted by Gasteiger charge is 2.32. The molecule has 1 amide bonds. The van der Waals surface area contributed by atoms with E-state index in [9.17, 15) is 4.79 Å². The van der Waals surface area contributed by atoms with Gasteiger partial charge in [0, 0.05) is 32.9 Å². The summed E-state index contributed by atoms with van der Waals surface area (Å²) in [7, 11) is 4.08. The van der Waals surface area contributed by atoms with E-state index in [1.165, 1.54) is 11.3 Å². The van der Waals surface area contributed by atoms with Gasteiger partial charge in [-0.1, -0.05) is 12.1 Å². The number of anilines is 1. The second kappa shape index (κ2) is 6.67. The molecule has 5 heteroatoms. The number of hydrogen-bond acceptors (Lipinski definition) is 3. The predicted octanol–water partition coefficient (Wildman–Crippen LogP) is 3.25. The van der Waals surface area contributed by atoms with Crippen LogP contribution in [-0.4, -0.2) is 41.2 Å². The molecular weight excluding hydrogens is 300 g/mol. The fourth-order valence-electron chi connectivity index (χ4n) is 3.47. The van der Waals surface area contributed by atoms with E-state index >= 15 is 0 Å². The molecule has 1 saturated heterocycles. The van der Waals surface area contributed by atoms with Crippen molar-refractivity contribution in [3.8, 4) is 0 Å². The molecule has 1 fully saturated rings. The van der Waals surface area contributed by atoms with Crippen LogP contribution in [0.15, 0.2) is 30.3 Å². The average molecular weight is 326 g/mol. The van der Waals surface area contributed by atoms with Gasteiger partial charge in [-0.25, -0.2) is 0 Å².